The fourth-order valence-electron chi connectivity index (χ4n) is 3.51. The molecule has 2 aromatic rings. The number of H-pyrrole nitrogens is 1. The van der Waals surface area contributed by atoms with Crippen molar-refractivity contribution in [2.45, 2.75) is 50.5 Å². The summed E-state index contributed by atoms with van der Waals surface area (Å²) in [5.41, 5.74) is 2.06. The number of carbonyl (C=O) groups is 1. The highest BCUT2D eigenvalue weighted by molar-refractivity contribution is 5.83. The number of hydrogen-bond acceptors (Lipinski definition) is 2. The largest absolute Gasteiger partial charge is 0.394 e. The number of fused-ring (bicyclic) bond motifs is 1. The number of aromatic amines is 1. The zero-order chi connectivity index (χ0) is 15.4. The molecule has 4 heteroatoms. The summed E-state index contributed by atoms with van der Waals surface area (Å²) in [6.45, 7) is 0.0567. The molecule has 1 aliphatic rings. The van der Waals surface area contributed by atoms with Crippen molar-refractivity contribution in [3.8, 4) is 0 Å². The number of carbonyl (C=O) groups excluding carboxylic acids is 1. The van der Waals surface area contributed by atoms with Crippen molar-refractivity contribution in [3.05, 3.63) is 36.0 Å². The summed E-state index contributed by atoms with van der Waals surface area (Å²) in [7, 11) is 0. The molecule has 3 rings (SSSR count). The zero-order valence-electron chi connectivity index (χ0n) is 12.9. The fraction of sp³-hybridized carbons (Fsp3) is 0.500. The van der Waals surface area contributed by atoms with E-state index >= 15 is 0 Å². The highest BCUT2D eigenvalue weighted by Gasteiger charge is 2.34. The van der Waals surface area contributed by atoms with E-state index in [0.29, 0.717) is 6.42 Å². The summed E-state index contributed by atoms with van der Waals surface area (Å²) in [6, 6.07) is 8.24. The van der Waals surface area contributed by atoms with Crippen molar-refractivity contribution in [3.63, 3.8) is 0 Å². The van der Waals surface area contributed by atoms with Gasteiger partial charge in [-0.3, -0.25) is 4.79 Å². The second-order valence-electron chi connectivity index (χ2n) is 6.41. The Morgan fingerprint density at radius 2 is 2.05 bits per heavy atom. The van der Waals surface area contributed by atoms with Crippen LogP contribution in [-0.4, -0.2) is 28.1 Å². The van der Waals surface area contributed by atoms with Gasteiger partial charge in [-0.05, 0) is 37.3 Å². The third-order valence-corrected chi connectivity index (χ3v) is 4.79. The standard InChI is InChI=1S/C18H24N2O2/c21-13-18(10-3-4-11-18)20-17(22)9-5-6-14-12-19-16-8-2-1-7-15(14)16/h1-2,7-8,12,19,21H,3-6,9-11,13H2,(H,20,22). The van der Waals surface area contributed by atoms with Crippen molar-refractivity contribution in [1.82, 2.24) is 10.3 Å². The number of aliphatic hydroxyl groups excluding tert-OH is 1. The molecule has 4 nitrogen and oxygen atoms in total. The second-order valence-corrected chi connectivity index (χ2v) is 6.41. The number of para-hydroxylation sites is 1. The van der Waals surface area contributed by atoms with Crippen LogP contribution >= 0.6 is 0 Å². The zero-order valence-corrected chi connectivity index (χ0v) is 12.9. The molecule has 0 unspecified atom stereocenters. The average molecular weight is 300 g/mol. The molecule has 22 heavy (non-hydrogen) atoms. The van der Waals surface area contributed by atoms with E-state index in [1.165, 1.54) is 10.9 Å². The first-order chi connectivity index (χ1) is 10.7. The van der Waals surface area contributed by atoms with Crippen LogP contribution in [0.2, 0.25) is 0 Å². The molecular weight excluding hydrogens is 276 g/mol. The Bertz CT molecular complexity index is 641. The molecule has 0 bridgehead atoms. The van der Waals surface area contributed by atoms with Crippen LogP contribution in [0, 0.1) is 0 Å². The number of aliphatic hydroxyl groups is 1. The molecule has 1 amide bonds. The highest BCUT2D eigenvalue weighted by Crippen LogP contribution is 2.29. The van der Waals surface area contributed by atoms with E-state index in [1.54, 1.807) is 0 Å². The van der Waals surface area contributed by atoms with E-state index in [1.807, 2.05) is 18.3 Å². The van der Waals surface area contributed by atoms with Crippen molar-refractivity contribution in [1.29, 1.82) is 0 Å². The van der Waals surface area contributed by atoms with Gasteiger partial charge < -0.3 is 15.4 Å². The van der Waals surface area contributed by atoms with E-state index in [4.69, 9.17) is 0 Å². The predicted molar refractivity (Wildman–Crippen MR) is 87.7 cm³/mol. The minimum Gasteiger partial charge on any atom is -0.394 e. The van der Waals surface area contributed by atoms with Gasteiger partial charge in [0.15, 0.2) is 0 Å². The third kappa shape index (κ3) is 3.17. The smallest absolute Gasteiger partial charge is 0.220 e. The lowest BCUT2D eigenvalue weighted by Gasteiger charge is -2.28. The molecule has 0 aliphatic heterocycles. The second kappa shape index (κ2) is 6.53. The van der Waals surface area contributed by atoms with E-state index < -0.39 is 0 Å². The van der Waals surface area contributed by atoms with Crippen LogP contribution in [-0.2, 0) is 11.2 Å². The van der Waals surface area contributed by atoms with Crippen LogP contribution in [0.4, 0.5) is 0 Å². The van der Waals surface area contributed by atoms with Gasteiger partial charge in [-0.2, -0.15) is 0 Å². The van der Waals surface area contributed by atoms with Gasteiger partial charge in [-0.25, -0.2) is 0 Å². The average Bonchev–Trinajstić information content (AvgIpc) is 3.15. The van der Waals surface area contributed by atoms with E-state index in [9.17, 15) is 9.90 Å². The van der Waals surface area contributed by atoms with Gasteiger partial charge in [0.1, 0.15) is 0 Å². The first kappa shape index (κ1) is 15.1. The lowest BCUT2D eigenvalue weighted by atomic mass is 9.98. The molecule has 1 aliphatic carbocycles. The normalized spacial score (nSPS) is 17.0. The minimum atomic E-state index is -0.349. The number of nitrogens with one attached hydrogen (secondary N) is 2. The Morgan fingerprint density at radius 1 is 1.27 bits per heavy atom. The maximum absolute atomic E-state index is 12.1. The Hall–Kier alpha value is -1.81. The van der Waals surface area contributed by atoms with Crippen LogP contribution in [0.25, 0.3) is 10.9 Å². The van der Waals surface area contributed by atoms with Crippen LogP contribution < -0.4 is 5.32 Å². The maximum Gasteiger partial charge on any atom is 0.220 e. The summed E-state index contributed by atoms with van der Waals surface area (Å²) in [5.74, 6) is 0.0655. The third-order valence-electron chi connectivity index (χ3n) is 4.79. The van der Waals surface area contributed by atoms with Gasteiger partial charge in [0.25, 0.3) is 0 Å². The summed E-state index contributed by atoms with van der Waals surface area (Å²) >= 11 is 0. The first-order valence-electron chi connectivity index (χ1n) is 8.19. The Balaban J connectivity index is 1.51. The van der Waals surface area contributed by atoms with Crippen molar-refractivity contribution in [2.24, 2.45) is 0 Å². The van der Waals surface area contributed by atoms with E-state index in [0.717, 1.165) is 44.0 Å². The summed E-state index contributed by atoms with van der Waals surface area (Å²) in [6.07, 6.45) is 8.26. The highest BCUT2D eigenvalue weighted by atomic mass is 16.3. The molecule has 0 saturated heterocycles. The van der Waals surface area contributed by atoms with Crippen LogP contribution in [0.3, 0.4) is 0 Å². The van der Waals surface area contributed by atoms with Gasteiger partial charge >= 0.3 is 0 Å². The number of aromatic nitrogens is 1. The van der Waals surface area contributed by atoms with Gasteiger partial charge in [-0.15, -0.1) is 0 Å². The molecule has 1 saturated carbocycles. The molecule has 1 aromatic heterocycles. The first-order valence-corrected chi connectivity index (χ1v) is 8.19. The van der Waals surface area contributed by atoms with Crippen molar-refractivity contribution >= 4 is 16.8 Å². The molecule has 0 spiro atoms. The number of rotatable bonds is 6. The van der Waals surface area contributed by atoms with Gasteiger partial charge in [0.05, 0.1) is 12.1 Å². The van der Waals surface area contributed by atoms with Crippen LogP contribution in [0.15, 0.2) is 30.5 Å². The topological polar surface area (TPSA) is 65.1 Å². The monoisotopic (exact) mass is 300 g/mol. The summed E-state index contributed by atoms with van der Waals surface area (Å²) in [4.78, 5) is 15.4. The number of benzene rings is 1. The number of amides is 1. The molecule has 1 aromatic carbocycles. The lowest BCUT2D eigenvalue weighted by molar-refractivity contribution is -0.123. The Labute approximate surface area is 130 Å². The summed E-state index contributed by atoms with van der Waals surface area (Å²) < 4.78 is 0. The van der Waals surface area contributed by atoms with Gasteiger partial charge in [-0.1, -0.05) is 31.0 Å². The molecular formula is C18H24N2O2. The van der Waals surface area contributed by atoms with E-state index in [-0.39, 0.29) is 18.1 Å². The quantitative estimate of drug-likeness (QED) is 0.768. The van der Waals surface area contributed by atoms with E-state index in [2.05, 4.69) is 22.4 Å². The van der Waals surface area contributed by atoms with Crippen molar-refractivity contribution < 1.29 is 9.90 Å². The SMILES string of the molecule is O=C(CCCc1c[nH]c2ccccc12)NC1(CO)CCCC1. The van der Waals surface area contributed by atoms with Crippen molar-refractivity contribution in [2.75, 3.05) is 6.61 Å². The Morgan fingerprint density at radius 3 is 2.82 bits per heavy atom. The molecule has 118 valence electrons. The number of aryl methyl sites for hydroxylation is 1. The maximum atomic E-state index is 12.1. The predicted octanol–water partition coefficient (Wildman–Crippen LogP) is 2.91. The number of hydrogen-bond donors (Lipinski definition) is 3. The fourth-order valence-corrected chi connectivity index (χ4v) is 3.51. The van der Waals surface area contributed by atoms with Gasteiger partial charge in [0.2, 0.25) is 5.91 Å². The molecule has 1 fully saturated rings. The molecule has 3 N–H and O–H groups in total. The van der Waals surface area contributed by atoms with Gasteiger partial charge in [0, 0.05) is 23.5 Å². The molecule has 0 atom stereocenters. The summed E-state index contributed by atoms with van der Waals surface area (Å²) in [5, 5.41) is 13.8. The van der Waals surface area contributed by atoms with Crippen LogP contribution in [0.5, 0.6) is 0 Å². The molecule has 0 radical (unpaired) electrons. The van der Waals surface area contributed by atoms with Crippen LogP contribution in [0.1, 0.15) is 44.1 Å². The minimum absolute atomic E-state index is 0.0567. The Kier molecular flexibility index (Phi) is 4.48. The molecule has 1 heterocycles. The lowest BCUT2D eigenvalue weighted by Crippen LogP contribution is -2.49.